The Bertz CT molecular complexity index is 804. The molecule has 0 aromatic heterocycles. The van der Waals surface area contributed by atoms with E-state index in [1.165, 1.54) is 25.1 Å². The number of nitrogens with two attached hydrogens (primary N) is 1. The molecule has 1 aliphatic rings. The van der Waals surface area contributed by atoms with E-state index in [0.717, 1.165) is 6.07 Å². The summed E-state index contributed by atoms with van der Waals surface area (Å²) in [5, 5.41) is 9.38. The molecule has 1 heterocycles. The summed E-state index contributed by atoms with van der Waals surface area (Å²) >= 11 is 0. The molecule has 1 aromatic carbocycles. The third-order valence-corrected chi connectivity index (χ3v) is 3.68. The third-order valence-electron chi connectivity index (χ3n) is 3.68. The highest BCUT2D eigenvalue weighted by Crippen LogP contribution is 2.44. The molecule has 2 N–H and O–H groups in total. The Balaban J connectivity index is 2.75. The molecule has 2 rings (SSSR count). The molecule has 0 fully saturated rings. The van der Waals surface area contributed by atoms with E-state index in [-0.39, 0.29) is 35.0 Å². The molecule has 0 saturated carbocycles. The van der Waals surface area contributed by atoms with Crippen LogP contribution in [0.4, 0.5) is 13.2 Å². The van der Waals surface area contributed by atoms with Gasteiger partial charge in [-0.3, -0.25) is 0 Å². The first-order valence-corrected chi connectivity index (χ1v) is 7.33. The summed E-state index contributed by atoms with van der Waals surface area (Å²) in [4.78, 5) is 12.3. The Morgan fingerprint density at radius 3 is 2.60 bits per heavy atom. The van der Waals surface area contributed by atoms with Gasteiger partial charge in [-0.1, -0.05) is 18.2 Å². The van der Waals surface area contributed by atoms with Gasteiger partial charge >= 0.3 is 12.1 Å². The van der Waals surface area contributed by atoms with Crippen LogP contribution in [0.5, 0.6) is 0 Å². The fourth-order valence-corrected chi connectivity index (χ4v) is 2.67. The maximum absolute atomic E-state index is 13.4. The molecular weight excluding hydrogens is 337 g/mol. The van der Waals surface area contributed by atoms with Crippen molar-refractivity contribution in [2.24, 2.45) is 5.73 Å². The summed E-state index contributed by atoms with van der Waals surface area (Å²) in [6.45, 7) is 2.96. The second kappa shape index (κ2) is 6.89. The Kier molecular flexibility index (Phi) is 5.07. The van der Waals surface area contributed by atoms with E-state index in [0.29, 0.717) is 0 Å². The van der Waals surface area contributed by atoms with Gasteiger partial charge in [-0.25, -0.2) is 4.79 Å². The van der Waals surface area contributed by atoms with Crippen molar-refractivity contribution in [3.8, 4) is 6.07 Å². The van der Waals surface area contributed by atoms with Crippen LogP contribution >= 0.6 is 0 Å². The Morgan fingerprint density at radius 1 is 1.40 bits per heavy atom. The lowest BCUT2D eigenvalue weighted by Gasteiger charge is -2.28. The van der Waals surface area contributed by atoms with Crippen molar-refractivity contribution in [2.75, 3.05) is 6.61 Å². The average molecular weight is 352 g/mol. The molecular formula is C17H15F3N2O3. The second-order valence-corrected chi connectivity index (χ2v) is 5.20. The van der Waals surface area contributed by atoms with Gasteiger partial charge in [0.05, 0.1) is 23.7 Å². The Morgan fingerprint density at radius 2 is 2.04 bits per heavy atom. The zero-order valence-electron chi connectivity index (χ0n) is 13.5. The van der Waals surface area contributed by atoms with Crippen molar-refractivity contribution in [3.63, 3.8) is 0 Å². The van der Waals surface area contributed by atoms with Gasteiger partial charge in [0.1, 0.15) is 17.4 Å². The molecule has 0 spiro atoms. The van der Waals surface area contributed by atoms with Crippen LogP contribution in [0.25, 0.3) is 0 Å². The Labute approximate surface area is 142 Å². The van der Waals surface area contributed by atoms with Gasteiger partial charge in [0, 0.05) is 0 Å². The highest BCUT2D eigenvalue weighted by atomic mass is 19.4. The van der Waals surface area contributed by atoms with Gasteiger partial charge in [-0.2, -0.15) is 18.4 Å². The van der Waals surface area contributed by atoms with Crippen LogP contribution in [0.2, 0.25) is 0 Å². The van der Waals surface area contributed by atoms with Gasteiger partial charge in [0.2, 0.25) is 5.88 Å². The number of carbonyl (C=O) groups is 1. The molecule has 0 bridgehead atoms. The predicted octanol–water partition coefficient (Wildman–Crippen LogP) is 3.35. The normalized spacial score (nSPS) is 17.8. The highest BCUT2D eigenvalue weighted by Gasteiger charge is 2.42. The molecule has 132 valence electrons. The van der Waals surface area contributed by atoms with E-state index < -0.39 is 23.6 Å². The van der Waals surface area contributed by atoms with Crippen LogP contribution in [0, 0.1) is 11.3 Å². The summed E-state index contributed by atoms with van der Waals surface area (Å²) in [7, 11) is 0. The summed E-state index contributed by atoms with van der Waals surface area (Å²) in [5.41, 5.74) is 4.00. The van der Waals surface area contributed by atoms with Crippen molar-refractivity contribution in [3.05, 3.63) is 58.2 Å². The van der Waals surface area contributed by atoms with Gasteiger partial charge < -0.3 is 15.2 Å². The largest absolute Gasteiger partial charge is 0.463 e. The van der Waals surface area contributed by atoms with Crippen LogP contribution in [0.15, 0.2) is 47.1 Å². The van der Waals surface area contributed by atoms with E-state index >= 15 is 0 Å². The number of alkyl halides is 3. The summed E-state index contributed by atoms with van der Waals surface area (Å²) in [6.07, 6.45) is -4.67. The van der Waals surface area contributed by atoms with Crippen molar-refractivity contribution < 1.29 is 27.4 Å². The number of carbonyl (C=O) groups excluding carboxylic acids is 1. The molecule has 1 unspecified atom stereocenters. The first-order chi connectivity index (χ1) is 11.7. The minimum absolute atomic E-state index is 0.00284. The van der Waals surface area contributed by atoms with Gasteiger partial charge in [-0.05, 0) is 25.5 Å². The summed E-state index contributed by atoms with van der Waals surface area (Å²) in [6, 6.07) is 6.46. The van der Waals surface area contributed by atoms with Crippen LogP contribution in [0.3, 0.4) is 0 Å². The molecule has 0 radical (unpaired) electrons. The summed E-state index contributed by atoms with van der Waals surface area (Å²) in [5.74, 6) is -2.52. The maximum Gasteiger partial charge on any atom is 0.416 e. The second-order valence-electron chi connectivity index (χ2n) is 5.20. The topological polar surface area (TPSA) is 85.3 Å². The lowest BCUT2D eigenvalue weighted by Crippen LogP contribution is -2.27. The van der Waals surface area contributed by atoms with E-state index in [2.05, 4.69) is 0 Å². The number of nitrogens with zero attached hydrogens (tertiary/aromatic N) is 1. The van der Waals surface area contributed by atoms with Crippen molar-refractivity contribution in [1.82, 2.24) is 0 Å². The summed E-state index contributed by atoms with van der Waals surface area (Å²) < 4.78 is 50.3. The fourth-order valence-electron chi connectivity index (χ4n) is 2.67. The van der Waals surface area contributed by atoms with Crippen molar-refractivity contribution >= 4 is 5.97 Å². The number of hydrogen-bond acceptors (Lipinski definition) is 5. The number of hydrogen-bond donors (Lipinski definition) is 1. The molecule has 0 aliphatic carbocycles. The predicted molar refractivity (Wildman–Crippen MR) is 81.4 cm³/mol. The number of halogens is 3. The SMILES string of the molecule is CCOC(=O)C1=C(C)OC(N)=C(C#N)C1c1ccccc1C(F)(F)F. The number of benzene rings is 1. The van der Waals surface area contributed by atoms with E-state index in [4.69, 9.17) is 15.2 Å². The molecule has 25 heavy (non-hydrogen) atoms. The zero-order valence-corrected chi connectivity index (χ0v) is 13.5. The molecule has 1 atom stereocenters. The van der Waals surface area contributed by atoms with Crippen LogP contribution in [-0.2, 0) is 20.4 Å². The maximum atomic E-state index is 13.4. The van der Waals surface area contributed by atoms with Crippen molar-refractivity contribution in [1.29, 1.82) is 5.26 Å². The number of ether oxygens (including phenoxy) is 2. The first-order valence-electron chi connectivity index (χ1n) is 7.33. The van der Waals surface area contributed by atoms with E-state index in [1.54, 1.807) is 13.0 Å². The molecule has 5 nitrogen and oxygen atoms in total. The molecule has 0 amide bonds. The quantitative estimate of drug-likeness (QED) is 0.843. The number of nitriles is 1. The fraction of sp³-hybridized carbons (Fsp3) is 0.294. The molecule has 0 saturated heterocycles. The first kappa shape index (κ1) is 18.4. The third kappa shape index (κ3) is 3.45. The van der Waals surface area contributed by atoms with Crippen molar-refractivity contribution in [2.45, 2.75) is 25.9 Å². The number of rotatable bonds is 3. The number of allylic oxidation sites excluding steroid dienone is 2. The lowest BCUT2D eigenvalue weighted by atomic mass is 9.81. The Hall–Kier alpha value is -2.95. The van der Waals surface area contributed by atoms with Crippen LogP contribution < -0.4 is 5.73 Å². The molecule has 8 heteroatoms. The minimum atomic E-state index is -4.67. The van der Waals surface area contributed by atoms with E-state index in [1.807, 2.05) is 0 Å². The monoisotopic (exact) mass is 352 g/mol. The smallest absolute Gasteiger partial charge is 0.416 e. The molecule has 1 aliphatic heterocycles. The van der Waals surface area contributed by atoms with Crippen LogP contribution in [0.1, 0.15) is 30.9 Å². The van der Waals surface area contributed by atoms with Gasteiger partial charge in [-0.15, -0.1) is 0 Å². The molecule has 1 aromatic rings. The number of esters is 1. The van der Waals surface area contributed by atoms with E-state index in [9.17, 15) is 23.2 Å². The van der Waals surface area contributed by atoms with Crippen LogP contribution in [-0.4, -0.2) is 12.6 Å². The average Bonchev–Trinajstić information content (AvgIpc) is 2.53. The standard InChI is InChI=1S/C17H15F3N2O3/c1-3-24-16(23)13-9(2)25-15(22)11(8-21)14(13)10-6-4-5-7-12(10)17(18,19)20/h4-7,14H,3,22H2,1-2H3. The minimum Gasteiger partial charge on any atom is -0.463 e. The van der Waals surface area contributed by atoms with Gasteiger partial charge in [0.15, 0.2) is 0 Å². The lowest BCUT2D eigenvalue weighted by molar-refractivity contribution is -0.140. The highest BCUT2D eigenvalue weighted by molar-refractivity contribution is 5.92. The zero-order chi connectivity index (χ0) is 18.8. The van der Waals surface area contributed by atoms with Gasteiger partial charge in [0.25, 0.3) is 0 Å².